The van der Waals surface area contributed by atoms with Crippen LogP contribution in [0.25, 0.3) is 0 Å². The van der Waals surface area contributed by atoms with E-state index in [4.69, 9.17) is 10.7 Å². The summed E-state index contributed by atoms with van der Waals surface area (Å²) in [4.78, 5) is 23.9. The minimum Gasteiger partial charge on any atom is -0.370 e. The van der Waals surface area contributed by atoms with Crippen LogP contribution < -0.4 is 11.1 Å². The summed E-state index contributed by atoms with van der Waals surface area (Å²) >= 11 is 1.72. The largest absolute Gasteiger partial charge is 0.370 e. The molecule has 1 amide bonds. The molecule has 24 heavy (non-hydrogen) atoms. The highest BCUT2D eigenvalue weighted by Gasteiger charge is 2.23. The zero-order valence-corrected chi connectivity index (χ0v) is 17.6. The van der Waals surface area contributed by atoms with E-state index in [9.17, 15) is 4.79 Å². The predicted molar refractivity (Wildman–Crippen MR) is 110 cm³/mol. The molecule has 0 bridgehead atoms. The van der Waals surface area contributed by atoms with Crippen molar-refractivity contribution in [3.05, 3.63) is 16.1 Å². The van der Waals surface area contributed by atoms with Gasteiger partial charge in [0, 0.05) is 37.1 Å². The molecule has 3 N–H and O–H groups in total. The summed E-state index contributed by atoms with van der Waals surface area (Å²) in [6.07, 6.45) is 5.54. The molecule has 0 saturated carbocycles. The predicted octanol–water partition coefficient (Wildman–Crippen LogP) is 2.38. The van der Waals surface area contributed by atoms with Crippen molar-refractivity contribution in [1.82, 2.24) is 15.2 Å². The van der Waals surface area contributed by atoms with Crippen LogP contribution in [-0.2, 0) is 17.8 Å². The third-order valence-electron chi connectivity index (χ3n) is 3.96. The van der Waals surface area contributed by atoms with Crippen LogP contribution in [0.1, 0.15) is 43.0 Å². The zero-order valence-electron chi connectivity index (χ0n) is 14.5. The molecule has 6 nitrogen and oxygen atoms in total. The van der Waals surface area contributed by atoms with Gasteiger partial charge in [-0.1, -0.05) is 6.92 Å². The molecule has 1 aromatic rings. The maximum absolute atomic E-state index is 11.2. The fourth-order valence-corrected chi connectivity index (χ4v) is 3.65. The van der Waals surface area contributed by atoms with E-state index in [2.05, 4.69) is 29.0 Å². The molecule has 2 heterocycles. The molecule has 0 aromatic carbocycles. The molecule has 0 spiro atoms. The lowest BCUT2D eigenvalue weighted by atomic mass is 9.95. The van der Waals surface area contributed by atoms with Gasteiger partial charge in [0.05, 0.1) is 6.54 Å². The summed E-state index contributed by atoms with van der Waals surface area (Å²) in [5, 5.41) is 4.40. The van der Waals surface area contributed by atoms with Gasteiger partial charge in [0.2, 0.25) is 5.91 Å². The number of likely N-dealkylation sites (tertiary alicyclic amines) is 1. The van der Waals surface area contributed by atoms with Gasteiger partial charge in [0.1, 0.15) is 5.01 Å². The Hall–Kier alpha value is -0.900. The summed E-state index contributed by atoms with van der Waals surface area (Å²) in [6.45, 7) is 7.44. The average Bonchev–Trinajstić information content (AvgIpc) is 2.99. The Morgan fingerprint density at radius 3 is 2.96 bits per heavy atom. The van der Waals surface area contributed by atoms with Crippen molar-refractivity contribution in [2.24, 2.45) is 16.6 Å². The summed E-state index contributed by atoms with van der Waals surface area (Å²) in [5.41, 5.74) is 5.34. The summed E-state index contributed by atoms with van der Waals surface area (Å²) in [5.74, 6) is 1.03. The Balaban J connectivity index is 0.00000288. The Morgan fingerprint density at radius 1 is 1.54 bits per heavy atom. The Kier molecular flexibility index (Phi) is 9.57. The maximum Gasteiger partial charge on any atom is 0.217 e. The van der Waals surface area contributed by atoms with Gasteiger partial charge in [-0.05, 0) is 32.1 Å². The number of guanidine groups is 1. The molecule has 8 heteroatoms. The lowest BCUT2D eigenvalue weighted by Gasteiger charge is -2.34. The number of carbonyl (C=O) groups is 1. The van der Waals surface area contributed by atoms with Crippen LogP contribution in [0.15, 0.2) is 11.2 Å². The summed E-state index contributed by atoms with van der Waals surface area (Å²) in [7, 11) is 0. The van der Waals surface area contributed by atoms with Crippen molar-refractivity contribution in [2.75, 3.05) is 19.6 Å². The molecule has 1 aromatic heterocycles. The summed E-state index contributed by atoms with van der Waals surface area (Å²) < 4.78 is 0. The van der Waals surface area contributed by atoms with E-state index in [0.29, 0.717) is 18.9 Å². The van der Waals surface area contributed by atoms with E-state index >= 15 is 0 Å². The van der Waals surface area contributed by atoms with Crippen LogP contribution in [0.5, 0.6) is 0 Å². The number of nitrogens with two attached hydrogens (primary N) is 1. The van der Waals surface area contributed by atoms with Crippen molar-refractivity contribution < 1.29 is 4.79 Å². The van der Waals surface area contributed by atoms with Gasteiger partial charge in [-0.25, -0.2) is 9.98 Å². The van der Waals surface area contributed by atoms with E-state index in [1.807, 2.05) is 6.20 Å². The molecule has 2 rings (SSSR count). The number of amides is 1. The number of halogens is 1. The molecular weight excluding hydrogens is 437 g/mol. The minimum atomic E-state index is -0.214. The van der Waals surface area contributed by atoms with E-state index in [-0.39, 0.29) is 29.9 Å². The molecule has 136 valence electrons. The molecule has 1 aliphatic rings. The number of nitrogens with one attached hydrogen (secondary N) is 1. The minimum absolute atomic E-state index is 0. The number of carbonyl (C=O) groups excluding carboxylic acids is 1. The van der Waals surface area contributed by atoms with Gasteiger partial charge in [0.15, 0.2) is 5.96 Å². The lowest BCUT2D eigenvalue weighted by Crippen LogP contribution is -2.47. The second-order valence-electron chi connectivity index (χ2n) is 5.87. The molecule has 1 unspecified atom stereocenters. The number of aryl methyl sites for hydroxylation is 1. The van der Waals surface area contributed by atoms with Crippen molar-refractivity contribution in [3.63, 3.8) is 0 Å². The molecule has 0 radical (unpaired) electrons. The summed E-state index contributed by atoms with van der Waals surface area (Å²) in [6, 6.07) is 0. The third kappa shape index (κ3) is 6.54. The Labute approximate surface area is 165 Å². The van der Waals surface area contributed by atoms with Crippen LogP contribution in [0.3, 0.4) is 0 Å². The Morgan fingerprint density at radius 2 is 2.33 bits per heavy atom. The fraction of sp³-hybridized carbons (Fsp3) is 0.688. The van der Waals surface area contributed by atoms with Crippen molar-refractivity contribution >= 4 is 47.2 Å². The molecule has 1 aliphatic heterocycles. The monoisotopic (exact) mass is 465 g/mol. The van der Waals surface area contributed by atoms with Gasteiger partial charge < -0.3 is 16.0 Å². The van der Waals surface area contributed by atoms with Gasteiger partial charge in [-0.15, -0.1) is 35.3 Å². The number of piperidine rings is 1. The zero-order chi connectivity index (χ0) is 16.7. The SMILES string of the molecule is CCNC(=NCc1ncc(CC)s1)N1CCCC(CC(N)=O)C1.I. The molecular formula is C16H28IN5OS. The molecule has 1 saturated heterocycles. The highest BCUT2D eigenvalue weighted by Crippen LogP contribution is 2.20. The van der Waals surface area contributed by atoms with E-state index in [1.54, 1.807) is 11.3 Å². The fourth-order valence-electron chi connectivity index (χ4n) is 2.86. The number of hydrogen-bond donors (Lipinski definition) is 2. The molecule has 1 atom stereocenters. The van der Waals surface area contributed by atoms with Crippen LogP contribution in [-0.4, -0.2) is 41.4 Å². The number of nitrogens with zero attached hydrogens (tertiary/aromatic N) is 3. The normalized spacial score (nSPS) is 18.2. The highest BCUT2D eigenvalue weighted by molar-refractivity contribution is 14.0. The number of aliphatic imine (C=N–C) groups is 1. The number of thiazole rings is 1. The number of primary amides is 1. The van der Waals surface area contributed by atoms with E-state index in [1.165, 1.54) is 4.88 Å². The second kappa shape index (κ2) is 10.9. The van der Waals surface area contributed by atoms with E-state index < -0.39 is 0 Å². The van der Waals surface area contributed by atoms with Crippen molar-refractivity contribution in [1.29, 1.82) is 0 Å². The first-order valence-corrected chi connectivity index (χ1v) is 9.19. The Bertz CT molecular complexity index is 548. The van der Waals surface area contributed by atoms with Crippen LogP contribution in [0.4, 0.5) is 0 Å². The van der Waals surface area contributed by atoms with Crippen LogP contribution >= 0.6 is 35.3 Å². The second-order valence-corrected chi connectivity index (χ2v) is 7.07. The quantitative estimate of drug-likeness (QED) is 0.384. The third-order valence-corrected chi connectivity index (χ3v) is 5.08. The van der Waals surface area contributed by atoms with Crippen molar-refractivity contribution in [3.8, 4) is 0 Å². The van der Waals surface area contributed by atoms with Crippen LogP contribution in [0.2, 0.25) is 0 Å². The van der Waals surface area contributed by atoms with E-state index in [0.717, 1.165) is 49.9 Å². The average molecular weight is 465 g/mol. The number of aromatic nitrogens is 1. The topological polar surface area (TPSA) is 83.6 Å². The number of rotatable bonds is 6. The van der Waals surface area contributed by atoms with Crippen molar-refractivity contribution in [2.45, 2.75) is 46.1 Å². The molecule has 1 fully saturated rings. The van der Waals surface area contributed by atoms with Gasteiger partial charge in [0.25, 0.3) is 0 Å². The van der Waals surface area contributed by atoms with Gasteiger partial charge in [-0.3, -0.25) is 4.79 Å². The first-order valence-electron chi connectivity index (χ1n) is 8.37. The highest BCUT2D eigenvalue weighted by atomic mass is 127. The van der Waals surface area contributed by atoms with Gasteiger partial charge in [-0.2, -0.15) is 0 Å². The first-order chi connectivity index (χ1) is 11.1. The lowest BCUT2D eigenvalue weighted by molar-refractivity contribution is -0.119. The standard InChI is InChI=1S/C16H27N5OS.HI/c1-3-13-9-19-15(23-13)10-20-16(18-4-2)21-7-5-6-12(11-21)8-14(17)22;/h9,12H,3-8,10-11H2,1-2H3,(H2,17,22)(H,18,20);1H. The molecule has 0 aliphatic carbocycles. The first kappa shape index (κ1) is 21.1. The van der Waals surface area contributed by atoms with Crippen LogP contribution in [0, 0.1) is 5.92 Å². The maximum atomic E-state index is 11.2. The van der Waals surface area contributed by atoms with Gasteiger partial charge >= 0.3 is 0 Å². The number of hydrogen-bond acceptors (Lipinski definition) is 4. The smallest absolute Gasteiger partial charge is 0.217 e.